The molecule has 0 aliphatic heterocycles. The van der Waals surface area contributed by atoms with Crippen molar-refractivity contribution >= 4 is 11.4 Å². The van der Waals surface area contributed by atoms with Crippen molar-refractivity contribution < 1.29 is 9.66 Å². The molecule has 5 heteroatoms. The van der Waals surface area contributed by atoms with Gasteiger partial charge in [0.25, 0.3) is 5.69 Å². The summed E-state index contributed by atoms with van der Waals surface area (Å²) in [6.45, 7) is 4.76. The molecule has 2 aromatic rings. The molecular formula is C16H18N2O3. The first-order valence-corrected chi connectivity index (χ1v) is 6.86. The molecular weight excluding hydrogens is 268 g/mol. The predicted molar refractivity (Wildman–Crippen MR) is 83.1 cm³/mol. The number of nitro benzene ring substituents is 1. The summed E-state index contributed by atoms with van der Waals surface area (Å²) >= 11 is 0. The van der Waals surface area contributed by atoms with Crippen molar-refractivity contribution in [1.82, 2.24) is 0 Å². The number of nitrogens with zero attached hydrogens (tertiary/aromatic N) is 1. The third kappa shape index (κ3) is 4.21. The zero-order valence-corrected chi connectivity index (χ0v) is 12.1. The summed E-state index contributed by atoms with van der Waals surface area (Å²) in [5, 5.41) is 14.2. The second kappa shape index (κ2) is 6.74. The lowest BCUT2D eigenvalue weighted by atomic mass is 10.2. The van der Waals surface area contributed by atoms with Gasteiger partial charge in [-0.3, -0.25) is 10.1 Å². The summed E-state index contributed by atoms with van der Waals surface area (Å²) < 4.78 is 5.73. The second-order valence-electron chi connectivity index (χ2n) is 4.82. The van der Waals surface area contributed by atoms with Gasteiger partial charge in [0.05, 0.1) is 11.0 Å². The predicted octanol–water partition coefficient (Wildman–Crippen LogP) is 4.52. The van der Waals surface area contributed by atoms with Crippen LogP contribution < -0.4 is 10.1 Å². The van der Waals surface area contributed by atoms with Gasteiger partial charge in [-0.05, 0) is 31.0 Å². The Hall–Kier alpha value is -2.56. The lowest BCUT2D eigenvalue weighted by Crippen LogP contribution is -2.01. The molecule has 0 aromatic heterocycles. The molecule has 0 amide bonds. The summed E-state index contributed by atoms with van der Waals surface area (Å²) in [7, 11) is 0. The molecule has 0 aliphatic carbocycles. The highest BCUT2D eigenvalue weighted by atomic mass is 16.6. The van der Waals surface area contributed by atoms with Crippen LogP contribution in [-0.2, 0) is 0 Å². The van der Waals surface area contributed by atoms with Gasteiger partial charge >= 0.3 is 0 Å². The van der Waals surface area contributed by atoms with Crippen molar-refractivity contribution in [3.8, 4) is 11.5 Å². The van der Waals surface area contributed by atoms with Crippen molar-refractivity contribution in [2.45, 2.75) is 20.3 Å². The molecule has 2 rings (SSSR count). The van der Waals surface area contributed by atoms with Gasteiger partial charge in [0.1, 0.15) is 11.5 Å². The first-order valence-electron chi connectivity index (χ1n) is 6.86. The first kappa shape index (κ1) is 14.8. The number of nitrogens with one attached hydrogen (secondary N) is 1. The summed E-state index contributed by atoms with van der Waals surface area (Å²) in [6.07, 6.45) is 0.941. The Morgan fingerprint density at radius 3 is 2.67 bits per heavy atom. The van der Waals surface area contributed by atoms with E-state index < -0.39 is 4.92 Å². The van der Waals surface area contributed by atoms with E-state index >= 15 is 0 Å². The summed E-state index contributed by atoms with van der Waals surface area (Å²) in [6, 6.07) is 12.3. The smallest absolute Gasteiger partial charge is 0.275 e. The Morgan fingerprint density at radius 1 is 1.19 bits per heavy atom. The number of aryl methyl sites for hydroxylation is 1. The Balaban J connectivity index is 2.28. The van der Waals surface area contributed by atoms with Gasteiger partial charge < -0.3 is 10.1 Å². The highest BCUT2D eigenvalue weighted by molar-refractivity contribution is 5.57. The number of benzene rings is 2. The third-order valence-electron chi connectivity index (χ3n) is 2.91. The van der Waals surface area contributed by atoms with Crippen LogP contribution in [-0.4, -0.2) is 11.5 Å². The van der Waals surface area contributed by atoms with Gasteiger partial charge in [-0.15, -0.1) is 0 Å². The zero-order chi connectivity index (χ0) is 15.2. The van der Waals surface area contributed by atoms with Crippen molar-refractivity contribution in [2.75, 3.05) is 11.9 Å². The number of non-ortho nitro benzene ring substituents is 1. The molecule has 0 saturated heterocycles. The fourth-order valence-electron chi connectivity index (χ4n) is 1.93. The molecule has 0 aliphatic rings. The lowest BCUT2D eigenvalue weighted by Gasteiger charge is -2.10. The highest BCUT2D eigenvalue weighted by Gasteiger charge is 2.11. The van der Waals surface area contributed by atoms with Crippen LogP contribution in [0.5, 0.6) is 11.5 Å². The van der Waals surface area contributed by atoms with Gasteiger partial charge in [-0.25, -0.2) is 0 Å². The van der Waals surface area contributed by atoms with E-state index in [0.717, 1.165) is 18.5 Å². The largest absolute Gasteiger partial charge is 0.457 e. The molecule has 0 heterocycles. The molecule has 0 radical (unpaired) electrons. The fraction of sp³-hybridized carbons (Fsp3) is 0.250. The number of ether oxygens (including phenoxy) is 1. The molecule has 0 spiro atoms. The molecule has 0 unspecified atom stereocenters. The average molecular weight is 286 g/mol. The maximum absolute atomic E-state index is 11.0. The van der Waals surface area contributed by atoms with Crippen molar-refractivity contribution in [3.05, 3.63) is 58.1 Å². The van der Waals surface area contributed by atoms with Gasteiger partial charge in [0.2, 0.25) is 0 Å². The van der Waals surface area contributed by atoms with Gasteiger partial charge in [-0.2, -0.15) is 0 Å². The summed E-state index contributed by atoms with van der Waals surface area (Å²) in [5.41, 5.74) is 1.77. The number of hydrogen-bond acceptors (Lipinski definition) is 4. The van der Waals surface area contributed by atoms with Crippen molar-refractivity contribution in [3.63, 3.8) is 0 Å². The monoisotopic (exact) mass is 286 g/mol. The number of hydrogen-bond donors (Lipinski definition) is 1. The Morgan fingerprint density at radius 2 is 2.00 bits per heavy atom. The van der Waals surface area contributed by atoms with E-state index in [1.165, 1.54) is 12.1 Å². The molecule has 110 valence electrons. The summed E-state index contributed by atoms with van der Waals surface area (Å²) in [4.78, 5) is 10.6. The Kier molecular flexibility index (Phi) is 4.77. The van der Waals surface area contributed by atoms with Crippen LogP contribution in [0.2, 0.25) is 0 Å². The van der Waals surface area contributed by atoms with E-state index in [-0.39, 0.29) is 5.69 Å². The minimum Gasteiger partial charge on any atom is -0.457 e. The zero-order valence-electron chi connectivity index (χ0n) is 12.1. The van der Waals surface area contributed by atoms with Crippen LogP contribution in [0, 0.1) is 17.0 Å². The maximum atomic E-state index is 11.0. The Bertz CT molecular complexity index is 641. The number of anilines is 1. The van der Waals surface area contributed by atoms with E-state index in [9.17, 15) is 10.1 Å². The minimum absolute atomic E-state index is 0.0127. The quantitative estimate of drug-likeness (QED) is 0.626. The molecule has 0 saturated carbocycles. The molecule has 0 fully saturated rings. The van der Waals surface area contributed by atoms with E-state index in [4.69, 9.17) is 4.74 Å². The van der Waals surface area contributed by atoms with Crippen LogP contribution in [0.3, 0.4) is 0 Å². The topological polar surface area (TPSA) is 64.4 Å². The number of rotatable bonds is 6. The van der Waals surface area contributed by atoms with Crippen LogP contribution in [0.25, 0.3) is 0 Å². The average Bonchev–Trinajstić information content (AvgIpc) is 2.45. The van der Waals surface area contributed by atoms with Crippen molar-refractivity contribution in [1.29, 1.82) is 0 Å². The Labute approximate surface area is 123 Å². The molecule has 21 heavy (non-hydrogen) atoms. The minimum atomic E-state index is -0.416. The lowest BCUT2D eigenvalue weighted by molar-refractivity contribution is -0.384. The molecule has 2 aromatic carbocycles. The van der Waals surface area contributed by atoms with E-state index in [1.54, 1.807) is 6.07 Å². The number of nitro groups is 1. The van der Waals surface area contributed by atoms with Gasteiger partial charge in [0, 0.05) is 24.4 Å². The molecule has 1 N–H and O–H groups in total. The van der Waals surface area contributed by atoms with Crippen LogP contribution in [0.15, 0.2) is 42.5 Å². The van der Waals surface area contributed by atoms with Crippen molar-refractivity contribution in [2.24, 2.45) is 0 Å². The van der Waals surface area contributed by atoms with Gasteiger partial charge in [-0.1, -0.05) is 19.1 Å². The second-order valence-corrected chi connectivity index (χ2v) is 4.82. The van der Waals surface area contributed by atoms with Crippen LogP contribution in [0.4, 0.5) is 11.4 Å². The van der Waals surface area contributed by atoms with E-state index in [0.29, 0.717) is 17.2 Å². The van der Waals surface area contributed by atoms with Gasteiger partial charge in [0.15, 0.2) is 0 Å². The maximum Gasteiger partial charge on any atom is 0.275 e. The standard InChI is InChI=1S/C16H18N2O3/c1-3-7-17-13-9-14(18(19)20)11-16(10-13)21-15-6-4-5-12(2)8-15/h4-6,8-11,17H,3,7H2,1-2H3. The van der Waals surface area contributed by atoms with E-state index in [1.807, 2.05) is 38.1 Å². The SMILES string of the molecule is CCCNc1cc(Oc2cccc(C)c2)cc([N+](=O)[O-])c1. The summed E-state index contributed by atoms with van der Waals surface area (Å²) in [5.74, 6) is 1.12. The van der Waals surface area contributed by atoms with E-state index in [2.05, 4.69) is 5.32 Å². The molecule has 0 atom stereocenters. The van der Waals surface area contributed by atoms with Crippen LogP contribution >= 0.6 is 0 Å². The molecule has 5 nitrogen and oxygen atoms in total. The third-order valence-corrected chi connectivity index (χ3v) is 2.91. The highest BCUT2D eigenvalue weighted by Crippen LogP contribution is 2.30. The normalized spacial score (nSPS) is 10.2. The fourth-order valence-corrected chi connectivity index (χ4v) is 1.93. The molecule has 0 bridgehead atoms. The first-order chi connectivity index (χ1) is 10.1. The van der Waals surface area contributed by atoms with Crippen LogP contribution in [0.1, 0.15) is 18.9 Å².